The molecule has 3 heteroatoms. The normalized spacial score (nSPS) is 10.4. The number of pyridine rings is 1. The van der Waals surface area contributed by atoms with E-state index in [0.717, 1.165) is 22.3 Å². The molecular weight excluding hydrogens is 250 g/mol. The van der Waals surface area contributed by atoms with Crippen molar-refractivity contribution in [2.24, 2.45) is 0 Å². The lowest BCUT2D eigenvalue weighted by molar-refractivity contribution is 0.0992. The zero-order valence-corrected chi connectivity index (χ0v) is 12.4. The molecule has 1 heterocycles. The number of benzene rings is 1. The number of ether oxygens (including phenoxy) is 1. The minimum atomic E-state index is 0.123. The summed E-state index contributed by atoms with van der Waals surface area (Å²) >= 11 is 0. The smallest absolute Gasteiger partial charge is 0.212 e. The van der Waals surface area contributed by atoms with Gasteiger partial charge in [0.2, 0.25) is 5.88 Å². The molecule has 0 aliphatic rings. The third-order valence-electron chi connectivity index (χ3n) is 3.51. The fourth-order valence-electron chi connectivity index (χ4n) is 2.18. The maximum atomic E-state index is 12.4. The van der Waals surface area contributed by atoms with E-state index in [1.165, 1.54) is 5.56 Å². The van der Waals surface area contributed by atoms with Gasteiger partial charge < -0.3 is 4.74 Å². The van der Waals surface area contributed by atoms with Gasteiger partial charge in [-0.15, -0.1) is 0 Å². The summed E-state index contributed by atoms with van der Waals surface area (Å²) in [6.07, 6.45) is 2.05. The number of carbonyl (C=O) groups excluding carboxylic acids is 1. The van der Waals surface area contributed by atoms with E-state index in [-0.39, 0.29) is 5.78 Å². The first-order chi connectivity index (χ1) is 9.51. The second kappa shape index (κ2) is 5.87. The van der Waals surface area contributed by atoms with Crippen LogP contribution in [0.2, 0.25) is 0 Å². The van der Waals surface area contributed by atoms with Crippen LogP contribution in [-0.4, -0.2) is 17.9 Å². The van der Waals surface area contributed by atoms with Crippen LogP contribution in [0.15, 0.2) is 30.5 Å². The van der Waals surface area contributed by atoms with Crippen molar-refractivity contribution in [2.75, 3.05) is 7.11 Å². The highest BCUT2D eigenvalue weighted by Crippen LogP contribution is 2.18. The molecule has 1 aromatic heterocycles. The first kappa shape index (κ1) is 14.3. The minimum Gasteiger partial charge on any atom is -0.481 e. The van der Waals surface area contributed by atoms with Gasteiger partial charge in [0.05, 0.1) is 7.11 Å². The van der Waals surface area contributed by atoms with E-state index in [1.54, 1.807) is 19.4 Å². The number of aromatic nitrogens is 1. The number of nitrogens with zero attached hydrogens (tertiary/aromatic N) is 1. The van der Waals surface area contributed by atoms with Crippen molar-refractivity contribution in [3.05, 3.63) is 58.3 Å². The summed E-state index contributed by atoms with van der Waals surface area (Å²) in [6, 6.07) is 7.69. The van der Waals surface area contributed by atoms with Crippen LogP contribution < -0.4 is 4.74 Å². The van der Waals surface area contributed by atoms with E-state index >= 15 is 0 Å². The summed E-state index contributed by atoms with van der Waals surface area (Å²) in [7, 11) is 1.57. The van der Waals surface area contributed by atoms with Crippen LogP contribution in [0, 0.1) is 20.8 Å². The SMILES string of the molecule is COc1ccc(CC(=O)c2cc(C)c(C)cc2C)cn1. The van der Waals surface area contributed by atoms with Crippen LogP contribution in [0.4, 0.5) is 0 Å². The number of hydrogen-bond donors (Lipinski definition) is 0. The van der Waals surface area contributed by atoms with Crippen LogP contribution >= 0.6 is 0 Å². The highest BCUT2D eigenvalue weighted by atomic mass is 16.5. The van der Waals surface area contributed by atoms with Crippen molar-refractivity contribution in [3.63, 3.8) is 0 Å². The van der Waals surface area contributed by atoms with Gasteiger partial charge in [-0.2, -0.15) is 0 Å². The second-order valence-corrected chi connectivity index (χ2v) is 5.06. The standard InChI is InChI=1S/C17H19NO2/c1-11-7-13(3)15(8-12(11)2)16(19)9-14-5-6-17(20-4)18-10-14/h5-8,10H,9H2,1-4H3. The molecule has 2 rings (SSSR count). The van der Waals surface area contributed by atoms with Gasteiger partial charge >= 0.3 is 0 Å². The average molecular weight is 269 g/mol. The molecule has 0 aliphatic carbocycles. The molecule has 1 aromatic carbocycles. The summed E-state index contributed by atoms with van der Waals surface area (Å²) in [6.45, 7) is 6.07. The molecule has 104 valence electrons. The highest BCUT2D eigenvalue weighted by molar-refractivity contribution is 5.99. The fourth-order valence-corrected chi connectivity index (χ4v) is 2.18. The monoisotopic (exact) mass is 269 g/mol. The van der Waals surface area contributed by atoms with E-state index in [1.807, 2.05) is 26.0 Å². The Morgan fingerprint density at radius 2 is 1.80 bits per heavy atom. The summed E-state index contributed by atoms with van der Waals surface area (Å²) in [5, 5.41) is 0. The zero-order chi connectivity index (χ0) is 14.7. The van der Waals surface area contributed by atoms with Crippen molar-refractivity contribution in [1.82, 2.24) is 4.98 Å². The van der Waals surface area contributed by atoms with Crippen LogP contribution in [0.25, 0.3) is 0 Å². The first-order valence-corrected chi connectivity index (χ1v) is 6.61. The van der Waals surface area contributed by atoms with Crippen molar-refractivity contribution in [1.29, 1.82) is 0 Å². The molecule has 20 heavy (non-hydrogen) atoms. The molecule has 0 radical (unpaired) electrons. The Bertz CT molecular complexity index is 630. The van der Waals surface area contributed by atoms with Gasteiger partial charge in [-0.1, -0.05) is 12.1 Å². The number of methoxy groups -OCH3 is 1. The lowest BCUT2D eigenvalue weighted by atomic mass is 9.95. The predicted octanol–water partition coefficient (Wildman–Crippen LogP) is 3.44. The van der Waals surface area contributed by atoms with E-state index in [9.17, 15) is 4.79 Å². The van der Waals surface area contributed by atoms with Crippen LogP contribution in [0.1, 0.15) is 32.6 Å². The number of aryl methyl sites for hydroxylation is 3. The van der Waals surface area contributed by atoms with Gasteiger partial charge in [0, 0.05) is 24.2 Å². The molecule has 2 aromatic rings. The Morgan fingerprint density at radius 3 is 2.40 bits per heavy atom. The second-order valence-electron chi connectivity index (χ2n) is 5.06. The van der Waals surface area contributed by atoms with E-state index < -0.39 is 0 Å². The topological polar surface area (TPSA) is 39.2 Å². The van der Waals surface area contributed by atoms with Gasteiger partial charge in [-0.25, -0.2) is 4.98 Å². The molecule has 0 aliphatic heterocycles. The molecule has 0 spiro atoms. The van der Waals surface area contributed by atoms with Crippen molar-refractivity contribution in [2.45, 2.75) is 27.2 Å². The number of hydrogen-bond acceptors (Lipinski definition) is 3. The maximum absolute atomic E-state index is 12.4. The molecule has 3 nitrogen and oxygen atoms in total. The average Bonchev–Trinajstić information content (AvgIpc) is 2.43. The Hall–Kier alpha value is -2.16. The highest BCUT2D eigenvalue weighted by Gasteiger charge is 2.11. The fraction of sp³-hybridized carbons (Fsp3) is 0.294. The van der Waals surface area contributed by atoms with Crippen LogP contribution in [0.5, 0.6) is 5.88 Å². The van der Waals surface area contributed by atoms with Gasteiger partial charge in [-0.05, 0) is 49.1 Å². The third-order valence-corrected chi connectivity index (χ3v) is 3.51. The Morgan fingerprint density at radius 1 is 1.10 bits per heavy atom. The minimum absolute atomic E-state index is 0.123. The summed E-state index contributed by atoms with van der Waals surface area (Å²) in [5.74, 6) is 0.682. The molecular formula is C17H19NO2. The first-order valence-electron chi connectivity index (χ1n) is 6.61. The molecule has 0 bridgehead atoms. The number of rotatable bonds is 4. The lowest BCUT2D eigenvalue weighted by Gasteiger charge is -2.09. The number of carbonyl (C=O) groups is 1. The largest absolute Gasteiger partial charge is 0.481 e. The van der Waals surface area contributed by atoms with Crippen molar-refractivity contribution < 1.29 is 9.53 Å². The van der Waals surface area contributed by atoms with Crippen molar-refractivity contribution in [3.8, 4) is 5.88 Å². The molecule has 0 N–H and O–H groups in total. The number of ketones is 1. The lowest BCUT2D eigenvalue weighted by Crippen LogP contribution is -2.07. The molecule has 0 atom stereocenters. The van der Waals surface area contributed by atoms with Gasteiger partial charge in [0.15, 0.2) is 5.78 Å². The maximum Gasteiger partial charge on any atom is 0.212 e. The molecule has 0 unspecified atom stereocenters. The Balaban J connectivity index is 2.21. The van der Waals surface area contributed by atoms with Crippen molar-refractivity contribution >= 4 is 5.78 Å². The Labute approximate surface area is 119 Å². The predicted molar refractivity (Wildman–Crippen MR) is 79.5 cm³/mol. The van der Waals surface area contributed by atoms with E-state index in [4.69, 9.17) is 4.74 Å². The van der Waals surface area contributed by atoms with Crippen LogP contribution in [-0.2, 0) is 6.42 Å². The zero-order valence-electron chi connectivity index (χ0n) is 12.4. The summed E-state index contributed by atoms with van der Waals surface area (Å²) in [5.41, 5.74) is 5.08. The van der Waals surface area contributed by atoms with Crippen LogP contribution in [0.3, 0.4) is 0 Å². The molecule has 0 amide bonds. The molecule has 0 fully saturated rings. The number of Topliss-reactive ketones (excluding diaryl/α,β-unsaturated/α-hetero) is 1. The Kier molecular flexibility index (Phi) is 4.18. The summed E-state index contributed by atoms with van der Waals surface area (Å²) < 4.78 is 5.01. The van der Waals surface area contributed by atoms with Gasteiger partial charge in [0.25, 0.3) is 0 Å². The third kappa shape index (κ3) is 3.05. The summed E-state index contributed by atoms with van der Waals surface area (Å²) in [4.78, 5) is 16.5. The van der Waals surface area contributed by atoms with E-state index in [2.05, 4.69) is 18.0 Å². The van der Waals surface area contributed by atoms with Gasteiger partial charge in [0.1, 0.15) is 0 Å². The quantitative estimate of drug-likeness (QED) is 0.798. The van der Waals surface area contributed by atoms with Gasteiger partial charge in [-0.3, -0.25) is 4.79 Å². The molecule has 0 saturated carbocycles. The molecule has 0 saturated heterocycles. The van der Waals surface area contributed by atoms with E-state index in [0.29, 0.717) is 12.3 Å².